The van der Waals surface area contributed by atoms with E-state index in [2.05, 4.69) is 34.5 Å². The number of carbonyl (C=O) groups excluding carboxylic acids is 2. The van der Waals surface area contributed by atoms with Crippen LogP contribution < -0.4 is 5.32 Å². The van der Waals surface area contributed by atoms with E-state index < -0.39 is 0 Å². The molecule has 0 aromatic heterocycles. The highest BCUT2D eigenvalue weighted by atomic mass is 16.5. The molecule has 7 nitrogen and oxygen atoms in total. The van der Waals surface area contributed by atoms with Gasteiger partial charge in [0.25, 0.3) is 0 Å². The van der Waals surface area contributed by atoms with E-state index in [1.807, 2.05) is 4.90 Å². The maximum Gasteiger partial charge on any atom is 0.317 e. The van der Waals surface area contributed by atoms with Crippen LogP contribution in [0.5, 0.6) is 0 Å². The molecular weight excluding hydrogens is 356 g/mol. The molecule has 0 atom stereocenters. The van der Waals surface area contributed by atoms with Gasteiger partial charge in [-0.3, -0.25) is 9.69 Å². The largest absolute Gasteiger partial charge is 0.379 e. The quantitative estimate of drug-likeness (QED) is 0.831. The molecule has 1 aromatic carbocycles. The number of morpholine rings is 1. The summed E-state index contributed by atoms with van der Waals surface area (Å²) in [5, 5.41) is 3.00. The molecule has 3 rings (SSSR count). The lowest BCUT2D eigenvalue weighted by Gasteiger charge is -2.32. The summed E-state index contributed by atoms with van der Waals surface area (Å²) in [4.78, 5) is 30.3. The fraction of sp³-hybridized carbons (Fsp3) is 0.619. The van der Waals surface area contributed by atoms with Gasteiger partial charge in [-0.1, -0.05) is 24.3 Å². The number of benzene rings is 1. The van der Waals surface area contributed by atoms with Crippen molar-refractivity contribution in [1.82, 2.24) is 20.0 Å². The van der Waals surface area contributed by atoms with Gasteiger partial charge < -0.3 is 19.9 Å². The Balaban J connectivity index is 1.40. The second-order valence-electron chi connectivity index (χ2n) is 7.86. The normalized spacial score (nSPS) is 18.7. The van der Waals surface area contributed by atoms with Gasteiger partial charge in [0, 0.05) is 59.3 Å². The molecule has 0 aliphatic carbocycles. The standard InChI is InChI=1S/C21H32N4O3/c1-23(2)20(26)19-7-9-25(10-8-19)21(27)22-15-17-3-5-18(6-4-17)16-24-11-13-28-14-12-24/h3-6,19H,7-16H2,1-2H3,(H,22,27). The molecule has 0 radical (unpaired) electrons. The second kappa shape index (κ2) is 9.89. The number of nitrogens with one attached hydrogen (secondary N) is 1. The van der Waals surface area contributed by atoms with E-state index in [4.69, 9.17) is 4.74 Å². The SMILES string of the molecule is CN(C)C(=O)C1CCN(C(=O)NCc2ccc(CN3CCOCC3)cc2)CC1. The van der Waals surface area contributed by atoms with Gasteiger partial charge in [0.15, 0.2) is 0 Å². The number of amides is 3. The van der Waals surface area contributed by atoms with Crippen LogP contribution in [0.15, 0.2) is 24.3 Å². The first-order valence-corrected chi connectivity index (χ1v) is 10.1. The molecule has 154 valence electrons. The van der Waals surface area contributed by atoms with Crippen molar-refractivity contribution in [1.29, 1.82) is 0 Å². The third-order valence-corrected chi connectivity index (χ3v) is 5.55. The van der Waals surface area contributed by atoms with E-state index in [9.17, 15) is 9.59 Å². The molecule has 2 saturated heterocycles. The summed E-state index contributed by atoms with van der Waals surface area (Å²) < 4.78 is 5.38. The van der Waals surface area contributed by atoms with E-state index in [0.29, 0.717) is 19.6 Å². The topological polar surface area (TPSA) is 65.1 Å². The summed E-state index contributed by atoms with van der Waals surface area (Å²) >= 11 is 0. The number of likely N-dealkylation sites (tertiary alicyclic amines) is 1. The molecule has 0 unspecified atom stereocenters. The Kier molecular flexibility index (Phi) is 7.28. The zero-order valence-corrected chi connectivity index (χ0v) is 17.0. The Bertz CT molecular complexity index is 648. The number of carbonyl (C=O) groups is 2. The van der Waals surface area contributed by atoms with Gasteiger partial charge >= 0.3 is 6.03 Å². The van der Waals surface area contributed by atoms with Crippen LogP contribution in [0.4, 0.5) is 4.79 Å². The first kappa shape index (κ1) is 20.6. The number of hydrogen-bond donors (Lipinski definition) is 1. The smallest absolute Gasteiger partial charge is 0.317 e. The zero-order chi connectivity index (χ0) is 19.9. The third kappa shape index (κ3) is 5.69. The Hall–Kier alpha value is -2.12. The highest BCUT2D eigenvalue weighted by Crippen LogP contribution is 2.19. The lowest BCUT2D eigenvalue weighted by atomic mass is 9.96. The van der Waals surface area contributed by atoms with Crippen LogP contribution in [-0.2, 0) is 22.6 Å². The van der Waals surface area contributed by atoms with Gasteiger partial charge in [-0.25, -0.2) is 4.79 Å². The average Bonchev–Trinajstić information content (AvgIpc) is 2.73. The molecule has 28 heavy (non-hydrogen) atoms. The van der Waals surface area contributed by atoms with Crippen molar-refractivity contribution in [3.05, 3.63) is 35.4 Å². The molecular formula is C21H32N4O3. The summed E-state index contributed by atoms with van der Waals surface area (Å²) in [6.45, 7) is 6.31. The van der Waals surface area contributed by atoms with Crippen LogP contribution in [0.3, 0.4) is 0 Å². The summed E-state index contributed by atoms with van der Waals surface area (Å²) in [5.41, 5.74) is 2.38. The molecule has 0 spiro atoms. The Morgan fingerprint density at radius 3 is 2.25 bits per heavy atom. The van der Waals surface area contributed by atoms with Crippen LogP contribution in [0.2, 0.25) is 0 Å². The molecule has 0 bridgehead atoms. The summed E-state index contributed by atoms with van der Waals surface area (Å²) in [6.07, 6.45) is 1.47. The Labute approximate surface area is 167 Å². The highest BCUT2D eigenvalue weighted by molar-refractivity contribution is 5.79. The van der Waals surface area contributed by atoms with Gasteiger partial charge in [0.1, 0.15) is 0 Å². The summed E-state index contributed by atoms with van der Waals surface area (Å²) in [5.74, 6) is 0.204. The molecule has 2 aliphatic rings. The number of hydrogen-bond acceptors (Lipinski definition) is 4. The van der Waals surface area contributed by atoms with Crippen LogP contribution in [0.1, 0.15) is 24.0 Å². The van der Waals surface area contributed by atoms with Gasteiger partial charge in [-0.15, -0.1) is 0 Å². The van der Waals surface area contributed by atoms with Crippen molar-refractivity contribution in [3.63, 3.8) is 0 Å². The molecule has 2 heterocycles. The average molecular weight is 389 g/mol. The number of piperidine rings is 1. The minimum Gasteiger partial charge on any atom is -0.379 e. The van der Waals surface area contributed by atoms with Gasteiger partial charge in [-0.2, -0.15) is 0 Å². The maximum absolute atomic E-state index is 12.4. The van der Waals surface area contributed by atoms with Crippen molar-refractivity contribution < 1.29 is 14.3 Å². The summed E-state index contributed by atoms with van der Waals surface area (Å²) in [6, 6.07) is 8.38. The molecule has 2 fully saturated rings. The first-order valence-electron chi connectivity index (χ1n) is 10.1. The lowest BCUT2D eigenvalue weighted by Crippen LogP contribution is -2.46. The van der Waals surface area contributed by atoms with E-state index >= 15 is 0 Å². The monoisotopic (exact) mass is 388 g/mol. The number of urea groups is 1. The van der Waals surface area contributed by atoms with Crippen molar-refractivity contribution in [2.75, 3.05) is 53.5 Å². The third-order valence-electron chi connectivity index (χ3n) is 5.55. The van der Waals surface area contributed by atoms with Crippen molar-refractivity contribution >= 4 is 11.9 Å². The molecule has 1 aromatic rings. The van der Waals surface area contributed by atoms with Crippen LogP contribution in [0, 0.1) is 5.92 Å². The molecule has 3 amide bonds. The number of rotatable bonds is 5. The second-order valence-corrected chi connectivity index (χ2v) is 7.86. The van der Waals surface area contributed by atoms with E-state index in [0.717, 1.165) is 51.3 Å². The van der Waals surface area contributed by atoms with E-state index in [1.165, 1.54) is 5.56 Å². The van der Waals surface area contributed by atoms with Crippen molar-refractivity contribution in [2.45, 2.75) is 25.9 Å². The Morgan fingerprint density at radius 2 is 1.64 bits per heavy atom. The van der Waals surface area contributed by atoms with E-state index in [1.54, 1.807) is 19.0 Å². The van der Waals surface area contributed by atoms with Crippen molar-refractivity contribution in [3.8, 4) is 0 Å². The van der Waals surface area contributed by atoms with Crippen LogP contribution in [-0.4, -0.2) is 80.1 Å². The molecule has 7 heteroatoms. The van der Waals surface area contributed by atoms with Crippen LogP contribution >= 0.6 is 0 Å². The highest BCUT2D eigenvalue weighted by Gasteiger charge is 2.28. The van der Waals surface area contributed by atoms with E-state index in [-0.39, 0.29) is 17.9 Å². The molecule has 0 saturated carbocycles. The van der Waals surface area contributed by atoms with Crippen LogP contribution in [0.25, 0.3) is 0 Å². The minimum atomic E-state index is -0.0480. The number of nitrogens with zero attached hydrogens (tertiary/aromatic N) is 3. The van der Waals surface area contributed by atoms with Gasteiger partial charge in [0.2, 0.25) is 5.91 Å². The minimum absolute atomic E-state index is 0.0399. The fourth-order valence-electron chi connectivity index (χ4n) is 3.76. The lowest BCUT2D eigenvalue weighted by molar-refractivity contribution is -0.134. The predicted octanol–water partition coefficient (Wildman–Crippen LogP) is 1.53. The first-order chi connectivity index (χ1) is 13.5. The maximum atomic E-state index is 12.4. The number of ether oxygens (including phenoxy) is 1. The van der Waals surface area contributed by atoms with Gasteiger partial charge in [-0.05, 0) is 24.0 Å². The molecule has 1 N–H and O–H groups in total. The fourth-order valence-corrected chi connectivity index (χ4v) is 3.76. The summed E-state index contributed by atoms with van der Waals surface area (Å²) in [7, 11) is 3.57. The predicted molar refractivity (Wildman–Crippen MR) is 108 cm³/mol. The van der Waals surface area contributed by atoms with Gasteiger partial charge in [0.05, 0.1) is 13.2 Å². The zero-order valence-electron chi connectivity index (χ0n) is 17.0. The van der Waals surface area contributed by atoms with Crippen molar-refractivity contribution in [2.24, 2.45) is 5.92 Å². The molecule has 2 aliphatic heterocycles. The Morgan fingerprint density at radius 1 is 1.04 bits per heavy atom.